The molecule has 2 N–H and O–H groups in total. The van der Waals surface area contributed by atoms with E-state index in [1.807, 2.05) is 6.92 Å². The summed E-state index contributed by atoms with van der Waals surface area (Å²) in [7, 11) is 0. The SMILES string of the molecule is Cc1nn(C(C)C(=O)Nc2cccc(O)c2)c(C)c1Cl. The highest BCUT2D eigenvalue weighted by molar-refractivity contribution is 6.31. The van der Waals surface area contributed by atoms with Crippen LogP contribution in [0.25, 0.3) is 0 Å². The van der Waals surface area contributed by atoms with E-state index in [-0.39, 0.29) is 11.7 Å². The van der Waals surface area contributed by atoms with Gasteiger partial charge in [-0.3, -0.25) is 9.48 Å². The molecule has 6 heteroatoms. The van der Waals surface area contributed by atoms with Crippen LogP contribution in [0.3, 0.4) is 0 Å². The molecule has 0 saturated carbocycles. The van der Waals surface area contributed by atoms with Crippen molar-refractivity contribution in [3.05, 3.63) is 40.7 Å². The first-order valence-electron chi connectivity index (χ1n) is 6.21. The molecule has 1 amide bonds. The van der Waals surface area contributed by atoms with Crippen LogP contribution in [-0.2, 0) is 4.79 Å². The van der Waals surface area contributed by atoms with E-state index in [2.05, 4.69) is 10.4 Å². The standard InChI is InChI=1S/C14H16ClN3O2/c1-8-13(15)9(2)18(17-8)10(3)14(20)16-11-5-4-6-12(19)7-11/h4-7,10,19H,1-3H3,(H,16,20). The van der Waals surface area contributed by atoms with Crippen LogP contribution in [-0.4, -0.2) is 20.8 Å². The Morgan fingerprint density at radius 1 is 1.45 bits per heavy atom. The maximum absolute atomic E-state index is 12.2. The molecule has 0 radical (unpaired) electrons. The molecule has 5 nitrogen and oxygen atoms in total. The fourth-order valence-corrected chi connectivity index (χ4v) is 2.09. The average molecular weight is 294 g/mol. The molecule has 20 heavy (non-hydrogen) atoms. The molecule has 1 heterocycles. The predicted molar refractivity (Wildman–Crippen MR) is 78.2 cm³/mol. The molecular weight excluding hydrogens is 278 g/mol. The van der Waals surface area contributed by atoms with Crippen molar-refractivity contribution in [3.63, 3.8) is 0 Å². The summed E-state index contributed by atoms with van der Waals surface area (Å²) >= 11 is 6.08. The number of carbonyl (C=O) groups is 1. The van der Waals surface area contributed by atoms with E-state index in [1.54, 1.807) is 36.7 Å². The van der Waals surface area contributed by atoms with Crippen molar-refractivity contribution in [1.29, 1.82) is 0 Å². The van der Waals surface area contributed by atoms with Crippen LogP contribution in [0.1, 0.15) is 24.4 Å². The number of hydrogen-bond donors (Lipinski definition) is 2. The number of nitrogens with one attached hydrogen (secondary N) is 1. The topological polar surface area (TPSA) is 67.2 Å². The Morgan fingerprint density at radius 3 is 2.70 bits per heavy atom. The van der Waals surface area contributed by atoms with Gasteiger partial charge in [-0.15, -0.1) is 0 Å². The monoisotopic (exact) mass is 293 g/mol. The zero-order valence-electron chi connectivity index (χ0n) is 11.5. The van der Waals surface area contributed by atoms with Crippen LogP contribution >= 0.6 is 11.6 Å². The zero-order valence-corrected chi connectivity index (χ0v) is 12.3. The van der Waals surface area contributed by atoms with Crippen molar-refractivity contribution in [2.45, 2.75) is 26.8 Å². The van der Waals surface area contributed by atoms with Gasteiger partial charge in [-0.25, -0.2) is 0 Å². The number of aromatic hydroxyl groups is 1. The van der Waals surface area contributed by atoms with Gasteiger partial charge in [0.25, 0.3) is 0 Å². The van der Waals surface area contributed by atoms with E-state index in [0.717, 1.165) is 5.69 Å². The fraction of sp³-hybridized carbons (Fsp3) is 0.286. The second kappa shape index (κ2) is 5.54. The molecule has 0 saturated heterocycles. The minimum Gasteiger partial charge on any atom is -0.508 e. The Kier molecular flexibility index (Phi) is 3.99. The summed E-state index contributed by atoms with van der Waals surface area (Å²) in [6.45, 7) is 5.36. The third-order valence-electron chi connectivity index (χ3n) is 3.10. The highest BCUT2D eigenvalue weighted by atomic mass is 35.5. The number of hydrogen-bond acceptors (Lipinski definition) is 3. The number of phenols is 1. The van der Waals surface area contributed by atoms with Crippen molar-refractivity contribution >= 4 is 23.2 Å². The smallest absolute Gasteiger partial charge is 0.248 e. The number of benzene rings is 1. The fourth-order valence-electron chi connectivity index (χ4n) is 1.96. The maximum Gasteiger partial charge on any atom is 0.248 e. The van der Waals surface area contributed by atoms with Gasteiger partial charge < -0.3 is 10.4 Å². The van der Waals surface area contributed by atoms with Crippen molar-refractivity contribution in [2.24, 2.45) is 0 Å². The second-order valence-electron chi connectivity index (χ2n) is 4.64. The Labute approximate surface area is 122 Å². The first kappa shape index (κ1) is 14.4. The highest BCUT2D eigenvalue weighted by Gasteiger charge is 2.20. The van der Waals surface area contributed by atoms with Gasteiger partial charge in [0, 0.05) is 11.8 Å². The lowest BCUT2D eigenvalue weighted by Gasteiger charge is -2.14. The number of amides is 1. The molecule has 2 rings (SSSR count). The second-order valence-corrected chi connectivity index (χ2v) is 5.02. The molecule has 0 spiro atoms. The van der Waals surface area contributed by atoms with Gasteiger partial charge in [0.2, 0.25) is 5.91 Å². The maximum atomic E-state index is 12.2. The van der Waals surface area contributed by atoms with Gasteiger partial charge in [-0.1, -0.05) is 17.7 Å². The number of carbonyl (C=O) groups excluding carboxylic acids is 1. The van der Waals surface area contributed by atoms with Gasteiger partial charge in [-0.05, 0) is 32.9 Å². The third-order valence-corrected chi connectivity index (χ3v) is 3.64. The summed E-state index contributed by atoms with van der Waals surface area (Å²) < 4.78 is 1.59. The summed E-state index contributed by atoms with van der Waals surface area (Å²) in [6, 6.07) is 5.90. The lowest BCUT2D eigenvalue weighted by Crippen LogP contribution is -2.25. The third kappa shape index (κ3) is 2.77. The van der Waals surface area contributed by atoms with Gasteiger partial charge in [0.15, 0.2) is 0 Å². The molecule has 0 aliphatic heterocycles. The van der Waals surface area contributed by atoms with E-state index in [1.165, 1.54) is 6.07 Å². The molecule has 0 aliphatic rings. The average Bonchev–Trinajstić information content (AvgIpc) is 2.65. The largest absolute Gasteiger partial charge is 0.508 e. The Bertz CT molecular complexity index is 652. The predicted octanol–water partition coefficient (Wildman–Crippen LogP) is 3.06. The molecule has 1 atom stereocenters. The minimum atomic E-state index is -0.497. The normalized spacial score (nSPS) is 12.2. The van der Waals surface area contributed by atoms with E-state index in [0.29, 0.717) is 16.4 Å². The Hall–Kier alpha value is -2.01. The number of nitrogens with zero attached hydrogens (tertiary/aromatic N) is 2. The van der Waals surface area contributed by atoms with Gasteiger partial charge in [0.05, 0.1) is 16.4 Å². The molecule has 1 aromatic heterocycles. The van der Waals surface area contributed by atoms with E-state index in [9.17, 15) is 9.90 Å². The molecular formula is C14H16ClN3O2. The molecule has 0 fully saturated rings. The number of anilines is 1. The van der Waals surface area contributed by atoms with Crippen LogP contribution in [0, 0.1) is 13.8 Å². The van der Waals surface area contributed by atoms with Crippen LogP contribution < -0.4 is 5.32 Å². The summed E-state index contributed by atoms with van der Waals surface area (Å²) in [6.07, 6.45) is 0. The van der Waals surface area contributed by atoms with E-state index < -0.39 is 6.04 Å². The molecule has 0 bridgehead atoms. The van der Waals surface area contributed by atoms with E-state index in [4.69, 9.17) is 11.6 Å². The summed E-state index contributed by atoms with van der Waals surface area (Å²) in [5, 5.41) is 16.9. The molecule has 1 unspecified atom stereocenters. The number of phenolic OH excluding ortho intramolecular Hbond substituents is 1. The molecule has 2 aromatic rings. The van der Waals surface area contributed by atoms with Crippen molar-refractivity contribution < 1.29 is 9.90 Å². The quantitative estimate of drug-likeness (QED) is 0.914. The van der Waals surface area contributed by atoms with Crippen LogP contribution in [0.5, 0.6) is 5.75 Å². The van der Waals surface area contributed by atoms with Gasteiger partial charge in [0.1, 0.15) is 11.8 Å². The van der Waals surface area contributed by atoms with Gasteiger partial charge in [-0.2, -0.15) is 5.10 Å². The van der Waals surface area contributed by atoms with Crippen LogP contribution in [0.4, 0.5) is 5.69 Å². The van der Waals surface area contributed by atoms with Crippen molar-refractivity contribution in [1.82, 2.24) is 9.78 Å². The minimum absolute atomic E-state index is 0.101. The first-order chi connectivity index (χ1) is 9.40. The highest BCUT2D eigenvalue weighted by Crippen LogP contribution is 2.23. The van der Waals surface area contributed by atoms with Crippen LogP contribution in [0.15, 0.2) is 24.3 Å². The van der Waals surface area contributed by atoms with Gasteiger partial charge >= 0.3 is 0 Å². The summed E-state index contributed by atoms with van der Waals surface area (Å²) in [5.74, 6) is -0.123. The lowest BCUT2D eigenvalue weighted by molar-refractivity contribution is -0.119. The molecule has 106 valence electrons. The number of rotatable bonds is 3. The zero-order chi connectivity index (χ0) is 14.9. The van der Waals surface area contributed by atoms with Crippen molar-refractivity contribution in [2.75, 3.05) is 5.32 Å². The summed E-state index contributed by atoms with van der Waals surface area (Å²) in [4.78, 5) is 12.2. The Balaban J connectivity index is 2.18. The number of halogens is 1. The number of aromatic nitrogens is 2. The first-order valence-corrected chi connectivity index (χ1v) is 6.59. The van der Waals surface area contributed by atoms with Crippen LogP contribution in [0.2, 0.25) is 5.02 Å². The Morgan fingerprint density at radius 2 is 2.15 bits per heavy atom. The van der Waals surface area contributed by atoms with E-state index >= 15 is 0 Å². The van der Waals surface area contributed by atoms with Crippen molar-refractivity contribution in [3.8, 4) is 5.75 Å². The molecule has 1 aromatic carbocycles. The summed E-state index contributed by atoms with van der Waals surface area (Å²) in [5.41, 5.74) is 1.98. The number of aryl methyl sites for hydroxylation is 1. The lowest BCUT2D eigenvalue weighted by atomic mass is 10.2. The molecule has 0 aliphatic carbocycles.